The molecule has 0 bridgehead atoms. The summed E-state index contributed by atoms with van der Waals surface area (Å²) in [4.78, 5) is 27.6. The van der Waals surface area contributed by atoms with Crippen LogP contribution in [0.3, 0.4) is 0 Å². The second kappa shape index (κ2) is 4.80. The Morgan fingerprint density at radius 1 is 1.30 bits per heavy atom. The van der Waals surface area contributed by atoms with Crippen molar-refractivity contribution in [2.45, 2.75) is 26.2 Å². The number of aromatic nitrogens is 2. The number of ether oxygens (including phenoxy) is 1. The van der Waals surface area contributed by atoms with Crippen molar-refractivity contribution in [2.75, 3.05) is 13.7 Å². The number of esters is 1. The van der Waals surface area contributed by atoms with Crippen LogP contribution >= 0.6 is 0 Å². The minimum absolute atomic E-state index is 0.0469. The first kappa shape index (κ1) is 14.4. The van der Waals surface area contributed by atoms with Crippen molar-refractivity contribution in [2.24, 2.45) is 0 Å². The van der Waals surface area contributed by atoms with E-state index in [4.69, 9.17) is 0 Å². The zero-order valence-electron chi connectivity index (χ0n) is 10.8. The number of carbonyl (C=O) groups is 2. The zero-order valence-corrected chi connectivity index (χ0v) is 10.8. The first-order valence-corrected chi connectivity index (χ1v) is 5.76. The Labute approximate surface area is 112 Å². The third-order valence-electron chi connectivity index (χ3n) is 3.08. The van der Waals surface area contributed by atoms with E-state index < -0.39 is 23.7 Å². The molecule has 0 saturated carbocycles. The minimum Gasteiger partial charge on any atom is -0.464 e. The van der Waals surface area contributed by atoms with E-state index in [0.717, 1.165) is 11.7 Å². The van der Waals surface area contributed by atoms with Gasteiger partial charge in [-0.25, -0.2) is 9.78 Å². The van der Waals surface area contributed by atoms with Gasteiger partial charge in [-0.3, -0.25) is 4.79 Å². The van der Waals surface area contributed by atoms with E-state index in [1.54, 1.807) is 0 Å². The minimum atomic E-state index is -4.67. The Kier molecular flexibility index (Phi) is 3.45. The van der Waals surface area contributed by atoms with Crippen molar-refractivity contribution < 1.29 is 27.5 Å². The Hall–Kier alpha value is -2.06. The van der Waals surface area contributed by atoms with Crippen LogP contribution in [0.4, 0.5) is 13.2 Å². The van der Waals surface area contributed by atoms with E-state index in [1.165, 1.54) is 11.8 Å². The smallest absolute Gasteiger partial charge is 0.449 e. The summed E-state index contributed by atoms with van der Waals surface area (Å²) >= 11 is 0. The van der Waals surface area contributed by atoms with Crippen molar-refractivity contribution in [3.8, 4) is 0 Å². The molecule has 6 nitrogen and oxygen atoms in total. The molecule has 0 unspecified atom stereocenters. The highest BCUT2D eigenvalue weighted by molar-refractivity contribution is 5.89. The Morgan fingerprint density at radius 2 is 1.95 bits per heavy atom. The SMILES string of the molecule is COC(=O)c1nc(C(F)(F)F)n2c1CN(C(C)=O)CC2. The fourth-order valence-electron chi connectivity index (χ4n) is 2.11. The number of hydrogen-bond acceptors (Lipinski definition) is 4. The molecule has 0 aliphatic carbocycles. The summed E-state index contributed by atoms with van der Waals surface area (Å²) in [5.74, 6) is -2.37. The average molecular weight is 291 g/mol. The summed E-state index contributed by atoms with van der Waals surface area (Å²) in [5.41, 5.74) is -0.351. The molecule has 0 atom stereocenters. The van der Waals surface area contributed by atoms with Crippen molar-refractivity contribution in [1.82, 2.24) is 14.5 Å². The number of hydrogen-bond donors (Lipinski definition) is 0. The summed E-state index contributed by atoms with van der Waals surface area (Å²) in [6.07, 6.45) is -4.67. The van der Waals surface area contributed by atoms with Crippen LogP contribution in [0.2, 0.25) is 0 Å². The normalized spacial score (nSPS) is 14.9. The summed E-state index contributed by atoms with van der Waals surface area (Å²) in [7, 11) is 1.06. The number of halogens is 3. The van der Waals surface area contributed by atoms with Gasteiger partial charge in [-0.1, -0.05) is 0 Å². The topological polar surface area (TPSA) is 64.4 Å². The molecule has 2 rings (SSSR count). The molecular weight excluding hydrogens is 279 g/mol. The van der Waals surface area contributed by atoms with Gasteiger partial charge in [-0.05, 0) is 0 Å². The highest BCUT2D eigenvalue weighted by atomic mass is 19.4. The van der Waals surface area contributed by atoms with Crippen LogP contribution in [0.5, 0.6) is 0 Å². The third-order valence-corrected chi connectivity index (χ3v) is 3.08. The maximum Gasteiger partial charge on any atom is 0.449 e. The van der Waals surface area contributed by atoms with Crippen molar-refractivity contribution in [1.29, 1.82) is 0 Å². The van der Waals surface area contributed by atoms with Crippen LogP contribution in [0, 0.1) is 0 Å². The molecule has 1 amide bonds. The molecule has 0 fully saturated rings. The lowest BCUT2D eigenvalue weighted by Crippen LogP contribution is -2.38. The number of methoxy groups -OCH3 is 1. The molecule has 0 spiro atoms. The van der Waals surface area contributed by atoms with Gasteiger partial charge < -0.3 is 14.2 Å². The maximum atomic E-state index is 12.9. The fourth-order valence-corrected chi connectivity index (χ4v) is 2.11. The van der Waals surface area contributed by atoms with Gasteiger partial charge in [0, 0.05) is 20.0 Å². The number of nitrogens with zero attached hydrogens (tertiary/aromatic N) is 3. The van der Waals surface area contributed by atoms with Gasteiger partial charge >= 0.3 is 12.1 Å². The molecule has 0 N–H and O–H groups in total. The number of fused-ring (bicyclic) bond motifs is 1. The first-order valence-electron chi connectivity index (χ1n) is 5.76. The van der Waals surface area contributed by atoms with E-state index in [0.29, 0.717) is 0 Å². The largest absolute Gasteiger partial charge is 0.464 e. The lowest BCUT2D eigenvalue weighted by atomic mass is 10.2. The van der Waals surface area contributed by atoms with Crippen molar-refractivity contribution in [3.63, 3.8) is 0 Å². The molecule has 0 radical (unpaired) electrons. The molecule has 0 saturated heterocycles. The molecule has 1 aliphatic rings. The predicted molar refractivity (Wildman–Crippen MR) is 59.7 cm³/mol. The maximum absolute atomic E-state index is 12.9. The van der Waals surface area contributed by atoms with Gasteiger partial charge in [0.1, 0.15) is 0 Å². The van der Waals surface area contributed by atoms with Crippen LogP contribution in [-0.2, 0) is 28.8 Å². The fraction of sp³-hybridized carbons (Fsp3) is 0.545. The lowest BCUT2D eigenvalue weighted by molar-refractivity contribution is -0.148. The Morgan fingerprint density at radius 3 is 2.45 bits per heavy atom. The van der Waals surface area contributed by atoms with Gasteiger partial charge in [0.05, 0.1) is 19.3 Å². The zero-order chi connectivity index (χ0) is 15.1. The van der Waals surface area contributed by atoms with Gasteiger partial charge in [0.15, 0.2) is 5.69 Å². The molecule has 1 aromatic heterocycles. The number of alkyl halides is 3. The molecule has 1 aromatic rings. The van der Waals surface area contributed by atoms with E-state index in [2.05, 4.69) is 9.72 Å². The second-order valence-corrected chi connectivity index (χ2v) is 4.31. The molecule has 20 heavy (non-hydrogen) atoms. The van der Waals surface area contributed by atoms with Crippen LogP contribution in [0.1, 0.15) is 28.9 Å². The second-order valence-electron chi connectivity index (χ2n) is 4.31. The average Bonchev–Trinajstić information content (AvgIpc) is 2.76. The standard InChI is InChI=1S/C11H12F3N3O3/c1-6(18)16-3-4-17-7(5-16)8(9(19)20-2)15-10(17)11(12,13)14/h3-5H2,1-2H3. The molecular formula is C11H12F3N3O3. The van der Waals surface area contributed by atoms with Crippen LogP contribution in [0.25, 0.3) is 0 Å². The van der Waals surface area contributed by atoms with E-state index in [9.17, 15) is 22.8 Å². The summed E-state index contributed by atoms with van der Waals surface area (Å²) in [6.45, 7) is 1.30. The molecule has 0 aromatic carbocycles. The number of amides is 1. The van der Waals surface area contributed by atoms with E-state index in [-0.39, 0.29) is 31.2 Å². The van der Waals surface area contributed by atoms with Crippen molar-refractivity contribution in [3.05, 3.63) is 17.2 Å². The van der Waals surface area contributed by atoms with Gasteiger partial charge in [0.2, 0.25) is 11.7 Å². The number of imidazole rings is 1. The van der Waals surface area contributed by atoms with Crippen LogP contribution in [0.15, 0.2) is 0 Å². The molecule has 9 heteroatoms. The monoisotopic (exact) mass is 291 g/mol. The van der Waals surface area contributed by atoms with E-state index >= 15 is 0 Å². The first-order chi connectivity index (χ1) is 9.25. The number of rotatable bonds is 1. The van der Waals surface area contributed by atoms with Crippen LogP contribution in [-0.4, -0.2) is 40.0 Å². The van der Waals surface area contributed by atoms with E-state index in [1.807, 2.05) is 0 Å². The quantitative estimate of drug-likeness (QED) is 0.726. The predicted octanol–water partition coefficient (Wildman–Crippen LogP) is 1.05. The van der Waals surface area contributed by atoms with Gasteiger partial charge in [0.25, 0.3) is 0 Å². The number of carbonyl (C=O) groups excluding carboxylic acids is 2. The van der Waals surface area contributed by atoms with Gasteiger partial charge in [-0.2, -0.15) is 13.2 Å². The van der Waals surface area contributed by atoms with Crippen LogP contribution < -0.4 is 0 Å². The summed E-state index contributed by atoms with van der Waals surface area (Å²) < 4.78 is 44.0. The summed E-state index contributed by atoms with van der Waals surface area (Å²) in [5, 5.41) is 0. The summed E-state index contributed by atoms with van der Waals surface area (Å²) in [6, 6.07) is 0. The molecule has 110 valence electrons. The highest BCUT2D eigenvalue weighted by Crippen LogP contribution is 2.32. The highest BCUT2D eigenvalue weighted by Gasteiger charge is 2.41. The third kappa shape index (κ3) is 2.35. The van der Waals surface area contributed by atoms with Gasteiger partial charge in [-0.15, -0.1) is 0 Å². The molecule has 2 heterocycles. The lowest BCUT2D eigenvalue weighted by Gasteiger charge is -2.28. The Bertz CT molecular complexity index is 565. The molecule has 1 aliphatic heterocycles. The Balaban J connectivity index is 2.53. The van der Waals surface area contributed by atoms with Crippen molar-refractivity contribution >= 4 is 11.9 Å².